The molecular weight excluding hydrogens is 321 g/mol. The van der Waals surface area contributed by atoms with Crippen molar-refractivity contribution in [1.29, 1.82) is 0 Å². The van der Waals surface area contributed by atoms with Crippen molar-refractivity contribution in [2.75, 3.05) is 0 Å². The molecule has 8 heteroatoms. The van der Waals surface area contributed by atoms with E-state index in [1.54, 1.807) is 32.0 Å². The Morgan fingerprint density at radius 2 is 1.80 bits per heavy atom. The Morgan fingerprint density at radius 1 is 1.25 bits per heavy atom. The summed E-state index contributed by atoms with van der Waals surface area (Å²) in [5, 5.41) is 10.4. The Labute approximate surface area is 127 Å². The zero-order valence-corrected chi connectivity index (χ0v) is 13.2. The standard InChI is InChI=1S/C12H13Cl2N3O2S/c1-7-12(20(15,18)19)8(2)17(16-7)6-9-10(13)4-3-5-11(9)14/h3-5H,6H2,1-2H3,(H2,15,18,19). The van der Waals surface area contributed by atoms with Crippen LogP contribution in [0.15, 0.2) is 23.1 Å². The topological polar surface area (TPSA) is 78.0 Å². The number of halogens is 2. The molecule has 5 nitrogen and oxygen atoms in total. The minimum Gasteiger partial charge on any atom is -0.264 e. The Bertz CT molecular complexity index is 749. The molecule has 0 atom stereocenters. The lowest BCUT2D eigenvalue weighted by atomic mass is 10.2. The van der Waals surface area contributed by atoms with Crippen LogP contribution in [-0.4, -0.2) is 18.2 Å². The van der Waals surface area contributed by atoms with Crippen LogP contribution in [0.2, 0.25) is 10.0 Å². The first-order valence-electron chi connectivity index (χ1n) is 5.71. The lowest BCUT2D eigenvalue weighted by Gasteiger charge is -2.09. The molecule has 0 radical (unpaired) electrons. The molecule has 20 heavy (non-hydrogen) atoms. The second-order valence-corrected chi connectivity index (χ2v) is 6.72. The highest BCUT2D eigenvalue weighted by Gasteiger charge is 2.21. The van der Waals surface area contributed by atoms with Crippen LogP contribution in [0.5, 0.6) is 0 Å². The van der Waals surface area contributed by atoms with Crippen LogP contribution in [0.4, 0.5) is 0 Å². The molecule has 2 N–H and O–H groups in total. The van der Waals surface area contributed by atoms with E-state index >= 15 is 0 Å². The van der Waals surface area contributed by atoms with E-state index in [2.05, 4.69) is 5.10 Å². The molecule has 0 saturated heterocycles. The van der Waals surface area contributed by atoms with Crippen molar-refractivity contribution < 1.29 is 8.42 Å². The predicted molar refractivity (Wildman–Crippen MR) is 78.6 cm³/mol. The Kier molecular flexibility index (Phi) is 4.11. The van der Waals surface area contributed by atoms with Crippen molar-refractivity contribution in [3.8, 4) is 0 Å². The number of nitrogens with two attached hydrogens (primary N) is 1. The molecule has 1 aromatic heterocycles. The van der Waals surface area contributed by atoms with Gasteiger partial charge in [0, 0.05) is 15.6 Å². The minimum absolute atomic E-state index is 0.0423. The van der Waals surface area contributed by atoms with Gasteiger partial charge in [0.05, 0.1) is 17.9 Å². The SMILES string of the molecule is Cc1nn(Cc2c(Cl)cccc2Cl)c(C)c1S(N)(=O)=O. The molecule has 2 aromatic rings. The Balaban J connectivity index is 2.52. The molecule has 0 fully saturated rings. The smallest absolute Gasteiger partial charge is 0.241 e. The quantitative estimate of drug-likeness (QED) is 0.937. The average Bonchev–Trinajstić information content (AvgIpc) is 2.58. The van der Waals surface area contributed by atoms with Gasteiger partial charge < -0.3 is 0 Å². The number of hydrogen-bond donors (Lipinski definition) is 1. The van der Waals surface area contributed by atoms with E-state index in [1.807, 2.05) is 0 Å². The molecule has 0 bridgehead atoms. The van der Waals surface area contributed by atoms with Crippen molar-refractivity contribution >= 4 is 33.2 Å². The van der Waals surface area contributed by atoms with Crippen molar-refractivity contribution in [1.82, 2.24) is 9.78 Å². The van der Waals surface area contributed by atoms with Crippen molar-refractivity contribution in [2.45, 2.75) is 25.3 Å². The number of hydrogen-bond acceptors (Lipinski definition) is 3. The van der Waals surface area contributed by atoms with E-state index in [0.717, 1.165) is 0 Å². The summed E-state index contributed by atoms with van der Waals surface area (Å²) in [6, 6.07) is 5.18. The van der Waals surface area contributed by atoms with Gasteiger partial charge >= 0.3 is 0 Å². The summed E-state index contributed by atoms with van der Waals surface area (Å²) in [4.78, 5) is 0.0423. The first-order valence-corrected chi connectivity index (χ1v) is 8.01. The largest absolute Gasteiger partial charge is 0.264 e. The minimum atomic E-state index is -3.81. The molecule has 108 valence electrons. The summed E-state index contributed by atoms with van der Waals surface area (Å²) in [5.74, 6) is 0. The van der Waals surface area contributed by atoms with Gasteiger partial charge in [-0.15, -0.1) is 0 Å². The molecule has 2 rings (SSSR count). The Hall–Kier alpha value is -1.08. The monoisotopic (exact) mass is 333 g/mol. The van der Waals surface area contributed by atoms with Gasteiger partial charge in [0.1, 0.15) is 4.90 Å². The lowest BCUT2D eigenvalue weighted by Crippen LogP contribution is -2.14. The van der Waals surface area contributed by atoms with Gasteiger partial charge in [0.25, 0.3) is 0 Å². The van der Waals surface area contributed by atoms with E-state index in [0.29, 0.717) is 27.0 Å². The number of nitrogens with zero attached hydrogens (tertiary/aromatic N) is 2. The number of aromatic nitrogens is 2. The molecule has 1 aromatic carbocycles. The fraction of sp³-hybridized carbons (Fsp3) is 0.250. The number of aryl methyl sites for hydroxylation is 1. The lowest BCUT2D eigenvalue weighted by molar-refractivity contribution is 0.595. The summed E-state index contributed by atoms with van der Waals surface area (Å²) in [6.45, 7) is 3.52. The van der Waals surface area contributed by atoms with E-state index in [4.69, 9.17) is 28.3 Å². The summed E-state index contributed by atoms with van der Waals surface area (Å²) in [6.07, 6.45) is 0. The van der Waals surface area contributed by atoms with E-state index < -0.39 is 10.0 Å². The van der Waals surface area contributed by atoms with Gasteiger partial charge in [-0.05, 0) is 26.0 Å². The van der Waals surface area contributed by atoms with Crippen LogP contribution in [0.1, 0.15) is 17.0 Å². The number of rotatable bonds is 3. The molecule has 0 spiro atoms. The van der Waals surface area contributed by atoms with Gasteiger partial charge in [-0.25, -0.2) is 13.6 Å². The van der Waals surface area contributed by atoms with Crippen LogP contribution < -0.4 is 5.14 Å². The van der Waals surface area contributed by atoms with Crippen LogP contribution in [0.25, 0.3) is 0 Å². The van der Waals surface area contributed by atoms with Crippen LogP contribution in [-0.2, 0) is 16.6 Å². The molecule has 0 unspecified atom stereocenters. The second-order valence-electron chi connectivity index (χ2n) is 4.40. The number of benzene rings is 1. The average molecular weight is 334 g/mol. The summed E-state index contributed by atoms with van der Waals surface area (Å²) >= 11 is 12.2. The van der Waals surface area contributed by atoms with Crippen molar-refractivity contribution in [2.24, 2.45) is 5.14 Å². The Morgan fingerprint density at radius 3 is 2.25 bits per heavy atom. The van der Waals surface area contributed by atoms with E-state index in [1.165, 1.54) is 4.68 Å². The zero-order valence-electron chi connectivity index (χ0n) is 10.9. The number of sulfonamides is 1. The molecule has 0 aliphatic carbocycles. The van der Waals surface area contributed by atoms with Crippen molar-refractivity contribution in [3.05, 3.63) is 45.2 Å². The molecule has 0 amide bonds. The van der Waals surface area contributed by atoms with Gasteiger partial charge in [-0.2, -0.15) is 5.10 Å². The van der Waals surface area contributed by atoms with Gasteiger partial charge in [-0.3, -0.25) is 4.68 Å². The molecule has 0 aliphatic rings. The molecule has 0 saturated carbocycles. The molecule has 1 heterocycles. The summed E-state index contributed by atoms with van der Waals surface area (Å²) in [7, 11) is -3.81. The summed E-state index contributed by atoms with van der Waals surface area (Å²) in [5.41, 5.74) is 1.50. The molecular formula is C12H13Cl2N3O2S. The zero-order chi connectivity index (χ0) is 15.1. The fourth-order valence-electron chi connectivity index (χ4n) is 2.08. The highest BCUT2D eigenvalue weighted by atomic mass is 35.5. The highest BCUT2D eigenvalue weighted by Crippen LogP contribution is 2.26. The predicted octanol–water partition coefficient (Wildman–Crippen LogP) is 2.50. The van der Waals surface area contributed by atoms with E-state index in [-0.39, 0.29) is 11.4 Å². The van der Waals surface area contributed by atoms with Crippen molar-refractivity contribution in [3.63, 3.8) is 0 Å². The van der Waals surface area contributed by atoms with Gasteiger partial charge in [0.2, 0.25) is 10.0 Å². The first-order chi connectivity index (χ1) is 9.21. The van der Waals surface area contributed by atoms with E-state index in [9.17, 15) is 8.42 Å². The van der Waals surface area contributed by atoms with Gasteiger partial charge in [0.15, 0.2) is 0 Å². The maximum absolute atomic E-state index is 11.5. The van der Waals surface area contributed by atoms with Gasteiger partial charge in [-0.1, -0.05) is 29.3 Å². The fourth-order valence-corrected chi connectivity index (χ4v) is 3.57. The normalized spacial score (nSPS) is 11.8. The third kappa shape index (κ3) is 2.83. The third-order valence-corrected chi connectivity index (χ3v) is 4.84. The third-order valence-electron chi connectivity index (χ3n) is 2.97. The van der Waals surface area contributed by atoms with Crippen LogP contribution >= 0.6 is 23.2 Å². The van der Waals surface area contributed by atoms with Crippen LogP contribution in [0.3, 0.4) is 0 Å². The van der Waals surface area contributed by atoms with Crippen LogP contribution in [0, 0.1) is 13.8 Å². The highest BCUT2D eigenvalue weighted by molar-refractivity contribution is 7.89. The molecule has 0 aliphatic heterocycles. The maximum Gasteiger partial charge on any atom is 0.241 e. The first kappa shape index (κ1) is 15.3. The maximum atomic E-state index is 11.5. The summed E-state index contributed by atoms with van der Waals surface area (Å²) < 4.78 is 24.6. The number of primary sulfonamides is 1. The second kappa shape index (κ2) is 5.37.